The molecule has 0 bridgehead atoms. The minimum atomic E-state index is -0.718. The second kappa shape index (κ2) is 11.6. The summed E-state index contributed by atoms with van der Waals surface area (Å²) in [5.74, 6) is -0.0261. The van der Waals surface area contributed by atoms with Crippen LogP contribution in [-0.2, 0) is 20.7 Å². The third-order valence-corrected chi connectivity index (χ3v) is 6.65. The number of aliphatic hydroxyl groups is 1. The number of hydrogen-bond donors (Lipinski definition) is 1. The van der Waals surface area contributed by atoms with Crippen LogP contribution in [0.5, 0.6) is 11.5 Å². The van der Waals surface area contributed by atoms with Crippen molar-refractivity contribution in [2.75, 3.05) is 26.9 Å². The van der Waals surface area contributed by atoms with E-state index in [0.29, 0.717) is 37.5 Å². The third-order valence-electron chi connectivity index (χ3n) is 6.65. The van der Waals surface area contributed by atoms with Crippen LogP contribution in [0.2, 0.25) is 0 Å². The zero-order valence-electron chi connectivity index (χ0n) is 21.3. The molecule has 2 aromatic rings. The summed E-state index contributed by atoms with van der Waals surface area (Å²) in [6.07, 6.45) is 4.50. The highest BCUT2D eigenvalue weighted by Gasteiger charge is 2.46. The number of ether oxygens (including phenoxy) is 3. The van der Waals surface area contributed by atoms with Crippen molar-refractivity contribution in [3.8, 4) is 11.5 Å². The van der Waals surface area contributed by atoms with E-state index >= 15 is 0 Å². The van der Waals surface area contributed by atoms with Crippen LogP contribution in [0.15, 0.2) is 48.0 Å². The van der Waals surface area contributed by atoms with Crippen LogP contribution in [0.25, 0.3) is 5.76 Å². The fraction of sp³-hybridized carbons (Fsp3) is 0.448. The summed E-state index contributed by atoms with van der Waals surface area (Å²) < 4.78 is 16.9. The molecule has 2 heterocycles. The maximum Gasteiger partial charge on any atom is 0.295 e. The maximum atomic E-state index is 13.3. The lowest BCUT2D eigenvalue weighted by atomic mass is 9.94. The van der Waals surface area contributed by atoms with Gasteiger partial charge in [-0.2, -0.15) is 0 Å². The summed E-state index contributed by atoms with van der Waals surface area (Å²) in [4.78, 5) is 27.9. The van der Waals surface area contributed by atoms with Gasteiger partial charge in [-0.3, -0.25) is 9.59 Å². The van der Waals surface area contributed by atoms with Crippen molar-refractivity contribution >= 4 is 17.4 Å². The van der Waals surface area contributed by atoms with Gasteiger partial charge in [-0.15, -0.1) is 0 Å². The number of fused-ring (bicyclic) bond motifs is 1. The first-order valence-electron chi connectivity index (χ1n) is 12.7. The van der Waals surface area contributed by atoms with E-state index in [4.69, 9.17) is 14.2 Å². The minimum Gasteiger partial charge on any atom is -0.507 e. The number of methoxy groups -OCH3 is 1. The molecule has 0 spiro atoms. The van der Waals surface area contributed by atoms with Gasteiger partial charge in [-0.25, -0.2) is 0 Å². The molecule has 1 fully saturated rings. The average Bonchev–Trinajstić information content (AvgIpc) is 3.37. The Hall–Kier alpha value is -3.32. The Bertz CT molecular complexity index is 1140. The number of likely N-dealkylation sites (tertiary alicyclic amines) is 1. The molecule has 0 radical (unpaired) electrons. The van der Waals surface area contributed by atoms with Gasteiger partial charge in [0.25, 0.3) is 11.7 Å². The van der Waals surface area contributed by atoms with E-state index in [1.807, 2.05) is 43.3 Å². The number of rotatable bonds is 11. The molecule has 4 rings (SSSR count). The monoisotopic (exact) mass is 493 g/mol. The fourth-order valence-corrected chi connectivity index (χ4v) is 4.88. The van der Waals surface area contributed by atoms with Gasteiger partial charge in [0.05, 0.1) is 18.2 Å². The largest absolute Gasteiger partial charge is 0.507 e. The number of amides is 1. The zero-order valence-corrected chi connectivity index (χ0v) is 21.3. The van der Waals surface area contributed by atoms with Crippen LogP contribution in [0.1, 0.15) is 62.3 Å². The van der Waals surface area contributed by atoms with Gasteiger partial charge in [-0.05, 0) is 61.2 Å². The summed E-state index contributed by atoms with van der Waals surface area (Å²) in [6.45, 7) is 5.52. The van der Waals surface area contributed by atoms with Crippen LogP contribution in [0.3, 0.4) is 0 Å². The van der Waals surface area contributed by atoms with E-state index < -0.39 is 17.7 Å². The number of Topliss-reactive ketones (excluding diaryl/α,β-unsaturated/α-hetero) is 1. The Labute approximate surface area is 212 Å². The van der Waals surface area contributed by atoms with E-state index in [9.17, 15) is 14.7 Å². The van der Waals surface area contributed by atoms with Gasteiger partial charge >= 0.3 is 0 Å². The zero-order chi connectivity index (χ0) is 25.7. The van der Waals surface area contributed by atoms with E-state index in [1.165, 1.54) is 4.90 Å². The van der Waals surface area contributed by atoms with Crippen molar-refractivity contribution in [1.29, 1.82) is 0 Å². The van der Waals surface area contributed by atoms with Crippen LogP contribution in [0.4, 0.5) is 0 Å². The minimum absolute atomic E-state index is 0.0591. The molecular weight excluding hydrogens is 458 g/mol. The second-order valence-corrected chi connectivity index (χ2v) is 9.42. The van der Waals surface area contributed by atoms with E-state index in [2.05, 4.69) is 6.92 Å². The Morgan fingerprint density at radius 2 is 1.94 bits per heavy atom. The fourth-order valence-electron chi connectivity index (χ4n) is 4.88. The van der Waals surface area contributed by atoms with Crippen molar-refractivity contribution in [2.24, 2.45) is 0 Å². The summed E-state index contributed by atoms with van der Waals surface area (Å²) in [5, 5.41) is 11.4. The molecule has 192 valence electrons. The second-order valence-electron chi connectivity index (χ2n) is 9.42. The molecule has 1 N–H and O–H groups in total. The molecule has 0 aromatic heterocycles. The summed E-state index contributed by atoms with van der Waals surface area (Å²) >= 11 is 0. The van der Waals surface area contributed by atoms with Crippen LogP contribution in [-0.4, -0.2) is 54.7 Å². The Morgan fingerprint density at radius 3 is 2.72 bits per heavy atom. The lowest BCUT2D eigenvalue weighted by Crippen LogP contribution is -2.31. The maximum absolute atomic E-state index is 13.3. The lowest BCUT2D eigenvalue weighted by Gasteiger charge is -2.25. The number of benzene rings is 2. The quantitative estimate of drug-likeness (QED) is 0.204. The SMILES string of the molecule is CCCCCOc1cccc([C@@H]2/C(=C(\O)c3ccc4c(c3)C[C@@H](C)O4)C(=O)C(=O)N2CCCOC)c1. The third kappa shape index (κ3) is 5.41. The van der Waals surface area contributed by atoms with Gasteiger partial charge in [0, 0.05) is 32.2 Å². The highest BCUT2D eigenvalue weighted by atomic mass is 16.5. The Kier molecular flexibility index (Phi) is 8.31. The summed E-state index contributed by atoms with van der Waals surface area (Å²) in [7, 11) is 1.60. The number of carbonyl (C=O) groups excluding carboxylic acids is 2. The van der Waals surface area contributed by atoms with E-state index in [0.717, 1.165) is 42.6 Å². The standard InChI is InChI=1S/C29H35NO6/c1-4-5-6-15-35-23-10-7-9-20(18-23)26-25(28(32)29(33)30(26)13-8-14-34-3)27(31)21-11-12-24-22(17-21)16-19(2)36-24/h7,9-12,17-19,26,31H,4-6,8,13-16H2,1-3H3/b27-25+/t19-,26-/m1/s1. The Balaban J connectivity index is 1.72. The summed E-state index contributed by atoms with van der Waals surface area (Å²) in [6, 6.07) is 12.1. The van der Waals surface area contributed by atoms with Gasteiger partial charge < -0.3 is 24.2 Å². The molecule has 7 nitrogen and oxygen atoms in total. The van der Waals surface area contributed by atoms with Crippen molar-refractivity contribution in [3.63, 3.8) is 0 Å². The van der Waals surface area contributed by atoms with Gasteiger partial charge in [0.15, 0.2) is 0 Å². The molecule has 2 atom stereocenters. The van der Waals surface area contributed by atoms with Gasteiger partial charge in [0.2, 0.25) is 0 Å². The first-order chi connectivity index (χ1) is 17.4. The van der Waals surface area contributed by atoms with E-state index in [-0.39, 0.29) is 17.4 Å². The van der Waals surface area contributed by atoms with Crippen LogP contribution in [0, 0.1) is 0 Å². The molecule has 2 aliphatic heterocycles. The first-order valence-corrected chi connectivity index (χ1v) is 12.7. The Morgan fingerprint density at radius 1 is 1.11 bits per heavy atom. The van der Waals surface area contributed by atoms with Crippen LogP contribution >= 0.6 is 0 Å². The number of nitrogens with zero attached hydrogens (tertiary/aromatic N) is 1. The van der Waals surface area contributed by atoms with Crippen LogP contribution < -0.4 is 9.47 Å². The highest BCUT2D eigenvalue weighted by molar-refractivity contribution is 6.46. The first kappa shape index (κ1) is 25.8. The molecule has 0 unspecified atom stereocenters. The highest BCUT2D eigenvalue weighted by Crippen LogP contribution is 2.41. The predicted octanol–water partition coefficient (Wildman–Crippen LogP) is 5.04. The van der Waals surface area contributed by atoms with Crippen molar-refractivity contribution in [1.82, 2.24) is 4.90 Å². The van der Waals surface area contributed by atoms with Gasteiger partial charge in [-0.1, -0.05) is 31.9 Å². The number of aliphatic hydroxyl groups excluding tert-OH is 1. The predicted molar refractivity (Wildman–Crippen MR) is 137 cm³/mol. The number of carbonyl (C=O) groups is 2. The van der Waals surface area contributed by atoms with Crippen molar-refractivity contribution in [2.45, 2.75) is 58.1 Å². The number of hydrogen-bond acceptors (Lipinski definition) is 6. The average molecular weight is 494 g/mol. The smallest absolute Gasteiger partial charge is 0.295 e. The normalized spacial score (nSPS) is 20.5. The number of unbranched alkanes of at least 4 members (excludes halogenated alkanes) is 2. The summed E-state index contributed by atoms with van der Waals surface area (Å²) in [5.41, 5.74) is 2.28. The lowest BCUT2D eigenvalue weighted by molar-refractivity contribution is -0.140. The molecule has 1 amide bonds. The molecule has 2 aliphatic rings. The molecule has 0 saturated carbocycles. The molecule has 1 saturated heterocycles. The number of ketones is 1. The van der Waals surface area contributed by atoms with Crippen molar-refractivity contribution < 1.29 is 28.9 Å². The van der Waals surface area contributed by atoms with Crippen molar-refractivity contribution in [3.05, 3.63) is 64.7 Å². The molecule has 2 aromatic carbocycles. The molecular formula is C29H35NO6. The molecule has 36 heavy (non-hydrogen) atoms. The molecule has 7 heteroatoms. The van der Waals surface area contributed by atoms with E-state index in [1.54, 1.807) is 13.2 Å². The van der Waals surface area contributed by atoms with Gasteiger partial charge in [0.1, 0.15) is 23.4 Å². The molecule has 0 aliphatic carbocycles. The topological polar surface area (TPSA) is 85.3 Å².